The Kier molecular flexibility index (Phi) is 3.95. The zero-order chi connectivity index (χ0) is 17.6. The molecule has 2 aromatic rings. The molecule has 1 unspecified atom stereocenters. The van der Waals surface area contributed by atoms with Crippen molar-refractivity contribution in [3.8, 4) is 5.75 Å². The molecule has 2 heterocycles. The highest BCUT2D eigenvalue weighted by Gasteiger charge is 2.53. The topological polar surface area (TPSA) is 71.1 Å². The van der Waals surface area contributed by atoms with Crippen molar-refractivity contribution < 1.29 is 9.53 Å². The summed E-state index contributed by atoms with van der Waals surface area (Å²) >= 11 is 6.10. The molecule has 1 amide bonds. The van der Waals surface area contributed by atoms with Gasteiger partial charge in [0, 0.05) is 24.0 Å². The molecule has 1 atom stereocenters. The second-order valence-electron chi connectivity index (χ2n) is 7.08. The summed E-state index contributed by atoms with van der Waals surface area (Å²) in [6.07, 6.45) is 3.42. The van der Waals surface area contributed by atoms with Crippen LogP contribution in [0.1, 0.15) is 47.2 Å². The fraction of sp³-hybridized carbons (Fsp3) is 0.500. The number of carbonyl (C=O) groups is 1. The molecule has 7 heteroatoms. The lowest BCUT2D eigenvalue weighted by Crippen LogP contribution is -2.38. The monoisotopic (exact) mass is 360 g/mol. The summed E-state index contributed by atoms with van der Waals surface area (Å²) < 4.78 is 5.35. The molecule has 1 aromatic heterocycles. The van der Waals surface area contributed by atoms with Crippen molar-refractivity contribution in [2.75, 3.05) is 20.2 Å². The Morgan fingerprint density at radius 3 is 2.84 bits per heavy atom. The number of likely N-dealkylation sites (tertiary alicyclic amines) is 1. The zero-order valence-corrected chi connectivity index (χ0v) is 15.1. The highest BCUT2D eigenvalue weighted by atomic mass is 35.5. The standard InChI is InChI=1S/C18H21ClN4O2/c1-11-20-16(22-21-11)14-9-23(10-18(14)6-3-7-18)17(24)13-8-12(19)4-5-15(13)25-2/h4-5,8,14H,3,6-7,9-10H2,1-2H3,(H,20,21,22). The molecule has 2 fully saturated rings. The smallest absolute Gasteiger partial charge is 0.257 e. The van der Waals surface area contributed by atoms with Gasteiger partial charge < -0.3 is 9.64 Å². The largest absolute Gasteiger partial charge is 0.496 e. The van der Waals surface area contributed by atoms with Gasteiger partial charge in [0.15, 0.2) is 5.82 Å². The third-order valence-corrected chi connectivity index (χ3v) is 5.84. The quantitative estimate of drug-likeness (QED) is 0.912. The molecule has 1 aliphatic heterocycles. The van der Waals surface area contributed by atoms with E-state index in [0.29, 0.717) is 22.9 Å². The number of benzene rings is 1. The molecular formula is C18H21ClN4O2. The van der Waals surface area contributed by atoms with E-state index < -0.39 is 0 Å². The predicted molar refractivity (Wildman–Crippen MR) is 94.1 cm³/mol. The number of halogens is 1. The van der Waals surface area contributed by atoms with Gasteiger partial charge in [-0.2, -0.15) is 5.10 Å². The molecule has 1 saturated carbocycles. The Bertz CT molecular complexity index is 815. The number of hydrogen-bond donors (Lipinski definition) is 1. The summed E-state index contributed by atoms with van der Waals surface area (Å²) in [5.41, 5.74) is 0.618. The van der Waals surface area contributed by atoms with E-state index in [-0.39, 0.29) is 17.2 Å². The van der Waals surface area contributed by atoms with Gasteiger partial charge in [0.1, 0.15) is 11.6 Å². The first-order valence-electron chi connectivity index (χ1n) is 8.54. The van der Waals surface area contributed by atoms with E-state index in [1.165, 1.54) is 6.42 Å². The third-order valence-electron chi connectivity index (χ3n) is 5.60. The van der Waals surface area contributed by atoms with Crippen LogP contribution in [-0.4, -0.2) is 46.2 Å². The number of methoxy groups -OCH3 is 1. The maximum Gasteiger partial charge on any atom is 0.257 e. The number of aryl methyl sites for hydroxylation is 1. The summed E-state index contributed by atoms with van der Waals surface area (Å²) in [6.45, 7) is 3.27. The van der Waals surface area contributed by atoms with Gasteiger partial charge in [0.05, 0.1) is 12.7 Å². The average Bonchev–Trinajstić information content (AvgIpc) is 3.17. The van der Waals surface area contributed by atoms with Crippen molar-refractivity contribution in [3.05, 3.63) is 40.4 Å². The minimum atomic E-state index is -0.0413. The molecule has 1 saturated heterocycles. The molecule has 1 aromatic carbocycles. The summed E-state index contributed by atoms with van der Waals surface area (Å²) in [4.78, 5) is 19.6. The van der Waals surface area contributed by atoms with Crippen molar-refractivity contribution in [1.29, 1.82) is 0 Å². The van der Waals surface area contributed by atoms with Crippen LogP contribution in [0.2, 0.25) is 5.02 Å². The van der Waals surface area contributed by atoms with Crippen LogP contribution in [0, 0.1) is 12.3 Å². The summed E-state index contributed by atoms with van der Waals surface area (Å²) in [6, 6.07) is 5.15. The van der Waals surface area contributed by atoms with E-state index in [9.17, 15) is 4.79 Å². The zero-order valence-electron chi connectivity index (χ0n) is 14.4. The van der Waals surface area contributed by atoms with Gasteiger partial charge in [-0.25, -0.2) is 4.98 Å². The minimum Gasteiger partial charge on any atom is -0.496 e. The number of aromatic amines is 1. The van der Waals surface area contributed by atoms with Crippen LogP contribution in [0.15, 0.2) is 18.2 Å². The van der Waals surface area contributed by atoms with E-state index in [2.05, 4.69) is 15.2 Å². The molecule has 1 N–H and O–H groups in total. The molecular weight excluding hydrogens is 340 g/mol. The van der Waals surface area contributed by atoms with Crippen LogP contribution >= 0.6 is 11.6 Å². The van der Waals surface area contributed by atoms with Crippen LogP contribution in [0.4, 0.5) is 0 Å². The maximum atomic E-state index is 13.1. The number of amides is 1. The first-order valence-corrected chi connectivity index (χ1v) is 8.92. The molecule has 0 bridgehead atoms. The van der Waals surface area contributed by atoms with Crippen molar-refractivity contribution in [2.45, 2.75) is 32.1 Å². The highest BCUT2D eigenvalue weighted by Crippen LogP contribution is 2.55. The average molecular weight is 361 g/mol. The number of nitrogens with one attached hydrogen (secondary N) is 1. The van der Waals surface area contributed by atoms with E-state index in [1.807, 2.05) is 11.8 Å². The molecule has 0 radical (unpaired) electrons. The van der Waals surface area contributed by atoms with Gasteiger partial charge in [0.2, 0.25) is 0 Å². The van der Waals surface area contributed by atoms with E-state index in [0.717, 1.165) is 31.0 Å². The minimum absolute atomic E-state index is 0.0413. The molecule has 6 nitrogen and oxygen atoms in total. The first kappa shape index (κ1) is 16.4. The number of nitrogens with zero attached hydrogens (tertiary/aromatic N) is 3. The van der Waals surface area contributed by atoms with Crippen LogP contribution in [0.25, 0.3) is 0 Å². The van der Waals surface area contributed by atoms with E-state index >= 15 is 0 Å². The SMILES string of the molecule is COc1ccc(Cl)cc1C(=O)N1CC(c2n[nH]c(C)n2)C2(CCC2)C1. The number of carbonyl (C=O) groups excluding carboxylic acids is 1. The van der Waals surface area contributed by atoms with Crippen LogP contribution in [0.3, 0.4) is 0 Å². The predicted octanol–water partition coefficient (Wildman–Crippen LogP) is 3.19. The second-order valence-corrected chi connectivity index (χ2v) is 7.51. The van der Waals surface area contributed by atoms with Crippen molar-refractivity contribution in [2.24, 2.45) is 5.41 Å². The molecule has 4 rings (SSSR count). The molecule has 1 spiro atoms. The Balaban J connectivity index is 1.64. The van der Waals surface area contributed by atoms with Gasteiger partial charge in [-0.3, -0.25) is 9.89 Å². The Morgan fingerprint density at radius 2 is 2.24 bits per heavy atom. The van der Waals surface area contributed by atoms with Crippen molar-refractivity contribution in [1.82, 2.24) is 20.1 Å². The first-order chi connectivity index (χ1) is 12.0. The molecule has 25 heavy (non-hydrogen) atoms. The van der Waals surface area contributed by atoms with Gasteiger partial charge in [-0.05, 0) is 43.4 Å². The molecule has 2 aliphatic rings. The van der Waals surface area contributed by atoms with Crippen LogP contribution in [-0.2, 0) is 0 Å². The summed E-state index contributed by atoms with van der Waals surface area (Å²) in [5.74, 6) is 2.33. The van der Waals surface area contributed by atoms with Gasteiger partial charge in [0.25, 0.3) is 5.91 Å². The number of H-pyrrole nitrogens is 1. The number of hydrogen-bond acceptors (Lipinski definition) is 4. The lowest BCUT2D eigenvalue weighted by atomic mass is 9.62. The summed E-state index contributed by atoms with van der Waals surface area (Å²) in [5, 5.41) is 7.83. The normalized spacial score (nSPS) is 21.4. The van der Waals surface area contributed by atoms with Crippen LogP contribution < -0.4 is 4.74 Å². The number of rotatable bonds is 3. The van der Waals surface area contributed by atoms with Crippen LogP contribution in [0.5, 0.6) is 5.75 Å². The number of ether oxygens (including phenoxy) is 1. The van der Waals surface area contributed by atoms with Gasteiger partial charge in [-0.1, -0.05) is 18.0 Å². The Morgan fingerprint density at radius 1 is 1.44 bits per heavy atom. The van der Waals surface area contributed by atoms with E-state index in [4.69, 9.17) is 16.3 Å². The summed E-state index contributed by atoms with van der Waals surface area (Å²) in [7, 11) is 1.57. The number of aromatic nitrogens is 3. The molecule has 132 valence electrons. The third kappa shape index (κ3) is 2.68. The maximum absolute atomic E-state index is 13.1. The molecule has 1 aliphatic carbocycles. The van der Waals surface area contributed by atoms with Gasteiger partial charge >= 0.3 is 0 Å². The fourth-order valence-electron chi connectivity index (χ4n) is 4.15. The fourth-order valence-corrected chi connectivity index (χ4v) is 4.32. The lowest BCUT2D eigenvalue weighted by Gasteiger charge is -2.41. The Hall–Kier alpha value is -2.08. The second kappa shape index (κ2) is 6.02. The van der Waals surface area contributed by atoms with Crippen molar-refractivity contribution >= 4 is 17.5 Å². The van der Waals surface area contributed by atoms with Crippen molar-refractivity contribution in [3.63, 3.8) is 0 Å². The van der Waals surface area contributed by atoms with E-state index in [1.54, 1.807) is 25.3 Å². The Labute approximate surface area is 151 Å². The lowest BCUT2D eigenvalue weighted by molar-refractivity contribution is 0.0721. The van der Waals surface area contributed by atoms with Gasteiger partial charge in [-0.15, -0.1) is 0 Å². The highest BCUT2D eigenvalue weighted by molar-refractivity contribution is 6.31.